The van der Waals surface area contributed by atoms with Crippen LogP contribution in [-0.2, 0) is 9.59 Å². The van der Waals surface area contributed by atoms with Crippen molar-refractivity contribution in [2.45, 2.75) is 32.7 Å². The van der Waals surface area contributed by atoms with Crippen molar-refractivity contribution < 1.29 is 23.9 Å². The molecule has 1 saturated heterocycles. The number of carbonyl (C=O) groups excluding carboxylic acids is 4. The van der Waals surface area contributed by atoms with E-state index in [0.29, 0.717) is 29.2 Å². The fourth-order valence-corrected chi connectivity index (χ4v) is 4.63. The molecule has 4 rings (SSSR count). The van der Waals surface area contributed by atoms with Crippen LogP contribution in [0.4, 0.5) is 0 Å². The Balaban J connectivity index is 1.73. The van der Waals surface area contributed by atoms with E-state index >= 15 is 0 Å². The molecule has 0 saturated carbocycles. The van der Waals surface area contributed by atoms with E-state index in [1.165, 1.54) is 26.2 Å². The topological polar surface area (TPSA) is 84.0 Å². The van der Waals surface area contributed by atoms with Gasteiger partial charge in [0, 0.05) is 16.1 Å². The number of hydrogen-bond donors (Lipinski definition) is 0. The lowest BCUT2D eigenvalue weighted by molar-refractivity contribution is -0.156. The second kappa shape index (κ2) is 9.43. The molecular weight excluding hydrogens is 456 g/mol. The zero-order valence-corrected chi connectivity index (χ0v) is 19.9. The van der Waals surface area contributed by atoms with E-state index in [-0.39, 0.29) is 5.56 Å². The van der Waals surface area contributed by atoms with Crippen molar-refractivity contribution >= 4 is 35.1 Å². The number of methoxy groups -OCH3 is 1. The molecule has 0 bridgehead atoms. The lowest BCUT2D eigenvalue weighted by Gasteiger charge is -2.34. The van der Waals surface area contributed by atoms with Gasteiger partial charge in [0.25, 0.3) is 17.7 Å². The molecule has 34 heavy (non-hydrogen) atoms. The van der Waals surface area contributed by atoms with E-state index in [1.54, 1.807) is 36.4 Å². The number of nitrogens with zero attached hydrogens (tertiary/aromatic N) is 2. The number of Topliss-reactive ketones (excluding diaryl/α,β-unsaturated/α-hetero) is 1. The minimum Gasteiger partial charge on any atom is -0.497 e. The summed E-state index contributed by atoms with van der Waals surface area (Å²) in [6.45, 7) is 3.44. The molecule has 1 fully saturated rings. The van der Waals surface area contributed by atoms with Gasteiger partial charge in [-0.1, -0.05) is 23.3 Å². The molecule has 1 heterocycles. The number of hydrazine groups is 1. The Hall–Kier alpha value is -3.45. The van der Waals surface area contributed by atoms with Crippen molar-refractivity contribution in [2.75, 3.05) is 7.11 Å². The number of benzene rings is 2. The van der Waals surface area contributed by atoms with Crippen LogP contribution < -0.4 is 4.74 Å². The van der Waals surface area contributed by atoms with Gasteiger partial charge in [-0.15, -0.1) is 0 Å². The lowest BCUT2D eigenvalue weighted by Crippen LogP contribution is -2.56. The highest BCUT2D eigenvalue weighted by Gasteiger charge is 2.53. The molecule has 176 valence electrons. The highest BCUT2D eigenvalue weighted by molar-refractivity contribution is 6.30. The first-order valence-corrected chi connectivity index (χ1v) is 11.4. The van der Waals surface area contributed by atoms with Crippen LogP contribution >= 0.6 is 11.6 Å². The van der Waals surface area contributed by atoms with Crippen molar-refractivity contribution in [2.24, 2.45) is 11.8 Å². The molecule has 2 aromatic rings. The van der Waals surface area contributed by atoms with Crippen molar-refractivity contribution in [1.29, 1.82) is 0 Å². The summed E-state index contributed by atoms with van der Waals surface area (Å²) < 4.78 is 5.15. The molecule has 0 radical (unpaired) electrons. The van der Waals surface area contributed by atoms with Crippen LogP contribution in [0.1, 0.15) is 47.4 Å². The summed E-state index contributed by atoms with van der Waals surface area (Å²) in [7, 11) is 1.52. The van der Waals surface area contributed by atoms with Crippen LogP contribution in [0, 0.1) is 11.8 Å². The SMILES string of the molecule is COc1ccc(C(=O)[C@H](C)N(C(=O)c2ccc(Cl)cc2)N2C(=O)[C@H]3CC=C(C)C[C@@H]3C2=O)cc1. The highest BCUT2D eigenvalue weighted by atomic mass is 35.5. The fourth-order valence-electron chi connectivity index (χ4n) is 4.50. The van der Waals surface area contributed by atoms with Crippen molar-refractivity contribution in [1.82, 2.24) is 10.0 Å². The van der Waals surface area contributed by atoms with Gasteiger partial charge in [-0.2, -0.15) is 5.01 Å². The molecule has 1 aliphatic carbocycles. The molecule has 2 aromatic carbocycles. The van der Waals surface area contributed by atoms with Gasteiger partial charge in [-0.25, -0.2) is 5.01 Å². The molecule has 2 aliphatic rings. The summed E-state index contributed by atoms with van der Waals surface area (Å²) in [6, 6.07) is 11.4. The first-order chi connectivity index (χ1) is 16.2. The maximum Gasteiger partial charge on any atom is 0.273 e. The first kappa shape index (κ1) is 23.7. The van der Waals surface area contributed by atoms with Crippen LogP contribution in [0.3, 0.4) is 0 Å². The molecule has 7 nitrogen and oxygen atoms in total. The standard InChI is InChI=1S/C26H25ClN2O5/c1-15-4-13-21-22(14-15)26(33)29(25(21)32)28(24(31)18-5-9-19(27)10-6-18)16(2)23(30)17-7-11-20(34-3)12-8-17/h4-12,16,21-22H,13-14H2,1-3H3/t16-,21-,22-/m0/s1. The largest absolute Gasteiger partial charge is 0.497 e. The Morgan fingerprint density at radius 3 is 2.21 bits per heavy atom. The maximum absolute atomic E-state index is 13.6. The van der Waals surface area contributed by atoms with E-state index in [9.17, 15) is 19.2 Å². The Bertz CT molecular complexity index is 1170. The number of hydrogen-bond acceptors (Lipinski definition) is 5. The van der Waals surface area contributed by atoms with Gasteiger partial charge in [0.1, 0.15) is 11.8 Å². The number of carbonyl (C=O) groups is 4. The van der Waals surface area contributed by atoms with E-state index < -0.39 is 41.4 Å². The Morgan fingerprint density at radius 1 is 1.00 bits per heavy atom. The van der Waals surface area contributed by atoms with E-state index in [0.717, 1.165) is 15.6 Å². The summed E-state index contributed by atoms with van der Waals surface area (Å²) in [5, 5.41) is 2.34. The molecule has 3 amide bonds. The minimum absolute atomic E-state index is 0.212. The van der Waals surface area contributed by atoms with Gasteiger partial charge in [-0.05, 0) is 75.2 Å². The summed E-state index contributed by atoms with van der Waals surface area (Å²) in [4.78, 5) is 53.8. The molecule has 0 aromatic heterocycles. The van der Waals surface area contributed by atoms with E-state index in [1.807, 2.05) is 13.0 Å². The smallest absolute Gasteiger partial charge is 0.273 e. The zero-order valence-electron chi connectivity index (χ0n) is 19.2. The zero-order chi connectivity index (χ0) is 24.6. The van der Waals surface area contributed by atoms with Crippen molar-refractivity contribution in [3.63, 3.8) is 0 Å². The number of allylic oxidation sites excluding steroid dienone is 2. The number of amides is 3. The molecule has 0 N–H and O–H groups in total. The van der Waals surface area contributed by atoms with Gasteiger partial charge in [0.15, 0.2) is 5.78 Å². The van der Waals surface area contributed by atoms with Crippen LogP contribution in [0.15, 0.2) is 60.2 Å². The average Bonchev–Trinajstić information content (AvgIpc) is 3.08. The highest BCUT2D eigenvalue weighted by Crippen LogP contribution is 2.39. The summed E-state index contributed by atoms with van der Waals surface area (Å²) in [5.41, 5.74) is 1.57. The maximum atomic E-state index is 13.6. The van der Waals surface area contributed by atoms with Gasteiger partial charge >= 0.3 is 0 Å². The van der Waals surface area contributed by atoms with Gasteiger partial charge < -0.3 is 4.74 Å². The van der Waals surface area contributed by atoms with Crippen LogP contribution in [0.5, 0.6) is 5.75 Å². The van der Waals surface area contributed by atoms with Gasteiger partial charge in [-0.3, -0.25) is 19.2 Å². The van der Waals surface area contributed by atoms with Crippen LogP contribution in [-0.4, -0.2) is 46.7 Å². The summed E-state index contributed by atoms with van der Waals surface area (Å²) >= 11 is 5.97. The Kier molecular flexibility index (Phi) is 6.57. The molecule has 3 atom stereocenters. The third-order valence-corrected chi connectivity index (χ3v) is 6.69. The third kappa shape index (κ3) is 4.23. The fraction of sp³-hybridized carbons (Fsp3) is 0.308. The number of rotatable bonds is 6. The Labute approximate surface area is 202 Å². The quantitative estimate of drug-likeness (QED) is 0.349. The minimum atomic E-state index is -1.11. The van der Waals surface area contributed by atoms with Crippen molar-refractivity contribution in [3.8, 4) is 5.75 Å². The predicted octanol–water partition coefficient (Wildman–Crippen LogP) is 4.32. The summed E-state index contributed by atoms with van der Waals surface area (Å²) in [6.07, 6.45) is 2.84. The number of fused-ring (bicyclic) bond motifs is 1. The van der Waals surface area contributed by atoms with Gasteiger partial charge in [0.2, 0.25) is 0 Å². The molecule has 8 heteroatoms. The predicted molar refractivity (Wildman–Crippen MR) is 126 cm³/mol. The summed E-state index contributed by atoms with van der Waals surface area (Å²) in [5.74, 6) is -2.46. The molecule has 0 spiro atoms. The average molecular weight is 481 g/mol. The van der Waals surface area contributed by atoms with E-state index in [2.05, 4.69) is 0 Å². The number of ether oxygens (including phenoxy) is 1. The molecule has 0 unspecified atom stereocenters. The third-order valence-electron chi connectivity index (χ3n) is 6.44. The van der Waals surface area contributed by atoms with Crippen molar-refractivity contribution in [3.05, 3.63) is 76.3 Å². The lowest BCUT2D eigenvalue weighted by atomic mass is 9.82. The second-order valence-corrected chi connectivity index (χ2v) is 9.05. The molecule has 1 aliphatic heterocycles. The number of ketones is 1. The number of halogens is 1. The van der Waals surface area contributed by atoms with E-state index in [4.69, 9.17) is 16.3 Å². The van der Waals surface area contributed by atoms with Crippen LogP contribution in [0.2, 0.25) is 5.02 Å². The molecular formula is C26H25ClN2O5. The monoisotopic (exact) mass is 480 g/mol. The number of imide groups is 1. The van der Waals surface area contributed by atoms with Gasteiger partial charge in [0.05, 0.1) is 18.9 Å². The normalized spacial score (nSPS) is 20.5. The first-order valence-electron chi connectivity index (χ1n) is 11.0. The van der Waals surface area contributed by atoms with Crippen LogP contribution in [0.25, 0.3) is 0 Å². The second-order valence-electron chi connectivity index (χ2n) is 8.62. The Morgan fingerprint density at radius 2 is 1.59 bits per heavy atom.